The highest BCUT2D eigenvalue weighted by Crippen LogP contribution is 2.20. The van der Waals surface area contributed by atoms with Gasteiger partial charge >= 0.3 is 0 Å². The Morgan fingerprint density at radius 1 is 1.03 bits per heavy atom. The zero-order valence-electron chi connectivity index (χ0n) is 17.4. The molecule has 0 heterocycles. The van der Waals surface area contributed by atoms with Crippen LogP contribution >= 0.6 is 0 Å². The molecule has 2 N–H and O–H groups in total. The minimum atomic E-state index is -3.49. The highest BCUT2D eigenvalue weighted by atomic mass is 32.2. The van der Waals surface area contributed by atoms with Gasteiger partial charge in [-0.2, -0.15) is 0 Å². The van der Waals surface area contributed by atoms with Crippen LogP contribution in [-0.2, 0) is 27.8 Å². The van der Waals surface area contributed by atoms with Crippen LogP contribution in [0.1, 0.15) is 49.7 Å². The van der Waals surface area contributed by atoms with Crippen LogP contribution in [0.2, 0.25) is 0 Å². The fourth-order valence-electron chi connectivity index (χ4n) is 3.73. The SMILES string of the molecule is COc1ccccc1CNC(=O)CCc1ccc(S(=O)(=O)NC2CCCCC2)cc1. The number of carbonyl (C=O) groups is 1. The lowest BCUT2D eigenvalue weighted by Crippen LogP contribution is -2.36. The third-order valence-corrected chi connectivity index (χ3v) is 7.01. The van der Waals surface area contributed by atoms with Gasteiger partial charge in [0.2, 0.25) is 15.9 Å². The maximum Gasteiger partial charge on any atom is 0.240 e. The normalized spacial score (nSPS) is 15.0. The first kappa shape index (κ1) is 22.3. The van der Waals surface area contributed by atoms with Gasteiger partial charge < -0.3 is 10.1 Å². The molecule has 1 fully saturated rings. The van der Waals surface area contributed by atoms with E-state index in [1.54, 1.807) is 31.4 Å². The lowest BCUT2D eigenvalue weighted by atomic mass is 9.96. The predicted molar refractivity (Wildman–Crippen MR) is 117 cm³/mol. The molecule has 0 radical (unpaired) electrons. The Hall–Kier alpha value is -2.38. The van der Waals surface area contributed by atoms with Crippen LogP contribution < -0.4 is 14.8 Å². The first-order valence-corrected chi connectivity index (χ1v) is 12.0. The van der Waals surface area contributed by atoms with E-state index in [9.17, 15) is 13.2 Å². The molecule has 0 atom stereocenters. The van der Waals surface area contributed by atoms with E-state index in [1.165, 1.54) is 6.42 Å². The maximum absolute atomic E-state index is 12.6. The summed E-state index contributed by atoms with van der Waals surface area (Å²) in [6.07, 6.45) is 6.02. The van der Waals surface area contributed by atoms with Crippen LogP contribution in [0.5, 0.6) is 5.75 Å². The molecule has 2 aromatic carbocycles. The molecule has 2 aromatic rings. The van der Waals surface area contributed by atoms with Gasteiger partial charge in [-0.15, -0.1) is 0 Å². The average molecular weight is 431 g/mol. The molecule has 0 aromatic heterocycles. The monoisotopic (exact) mass is 430 g/mol. The molecule has 1 amide bonds. The second-order valence-electron chi connectivity index (χ2n) is 7.69. The molecule has 7 heteroatoms. The van der Waals surface area contributed by atoms with E-state index in [-0.39, 0.29) is 16.8 Å². The number of rotatable bonds is 9. The molecule has 162 valence electrons. The molecule has 0 bridgehead atoms. The Kier molecular flexibility index (Phi) is 7.87. The van der Waals surface area contributed by atoms with Crippen molar-refractivity contribution in [3.8, 4) is 5.75 Å². The fraction of sp³-hybridized carbons (Fsp3) is 0.435. The molecule has 0 unspecified atom stereocenters. The number of aryl methyl sites for hydroxylation is 1. The van der Waals surface area contributed by atoms with E-state index in [1.807, 2.05) is 24.3 Å². The Balaban J connectivity index is 1.48. The minimum absolute atomic E-state index is 0.0374. The minimum Gasteiger partial charge on any atom is -0.496 e. The lowest BCUT2D eigenvalue weighted by molar-refractivity contribution is -0.121. The molecular formula is C23H30N2O4S. The van der Waals surface area contributed by atoms with E-state index in [0.29, 0.717) is 19.4 Å². The predicted octanol–water partition coefficient (Wildman–Crippen LogP) is 3.56. The van der Waals surface area contributed by atoms with E-state index in [0.717, 1.165) is 42.6 Å². The van der Waals surface area contributed by atoms with Crippen molar-refractivity contribution in [2.45, 2.75) is 62.4 Å². The topological polar surface area (TPSA) is 84.5 Å². The van der Waals surface area contributed by atoms with Crippen molar-refractivity contribution in [2.24, 2.45) is 0 Å². The summed E-state index contributed by atoms with van der Waals surface area (Å²) in [6, 6.07) is 14.4. The summed E-state index contributed by atoms with van der Waals surface area (Å²) >= 11 is 0. The summed E-state index contributed by atoms with van der Waals surface area (Å²) in [4.78, 5) is 12.5. The van der Waals surface area contributed by atoms with Crippen molar-refractivity contribution >= 4 is 15.9 Å². The molecule has 1 saturated carbocycles. The number of hydrogen-bond donors (Lipinski definition) is 2. The van der Waals surface area contributed by atoms with Crippen LogP contribution in [-0.4, -0.2) is 27.5 Å². The third-order valence-electron chi connectivity index (χ3n) is 5.47. The molecule has 30 heavy (non-hydrogen) atoms. The van der Waals surface area contributed by atoms with Gasteiger partial charge in [0.15, 0.2) is 0 Å². The molecule has 0 aliphatic heterocycles. The third kappa shape index (κ3) is 6.31. The quantitative estimate of drug-likeness (QED) is 0.637. The second kappa shape index (κ2) is 10.6. The maximum atomic E-state index is 12.6. The van der Waals surface area contributed by atoms with Gasteiger partial charge in [-0.25, -0.2) is 13.1 Å². The van der Waals surface area contributed by atoms with Crippen LogP contribution in [0.3, 0.4) is 0 Å². The average Bonchev–Trinajstić information content (AvgIpc) is 2.77. The Morgan fingerprint density at radius 3 is 2.43 bits per heavy atom. The van der Waals surface area contributed by atoms with Crippen molar-refractivity contribution < 1.29 is 17.9 Å². The Labute approximate surface area is 179 Å². The number of benzene rings is 2. The Bertz CT molecular complexity index is 936. The van der Waals surface area contributed by atoms with Gasteiger partial charge in [-0.1, -0.05) is 49.6 Å². The fourth-order valence-corrected chi connectivity index (χ4v) is 5.04. The van der Waals surface area contributed by atoms with Gasteiger partial charge in [-0.3, -0.25) is 4.79 Å². The molecular weight excluding hydrogens is 400 g/mol. The number of methoxy groups -OCH3 is 1. The number of hydrogen-bond acceptors (Lipinski definition) is 4. The molecule has 0 spiro atoms. The van der Waals surface area contributed by atoms with Crippen molar-refractivity contribution in [1.29, 1.82) is 0 Å². The number of para-hydroxylation sites is 1. The highest BCUT2D eigenvalue weighted by molar-refractivity contribution is 7.89. The van der Waals surface area contributed by atoms with E-state index in [2.05, 4.69) is 10.0 Å². The smallest absolute Gasteiger partial charge is 0.240 e. The van der Waals surface area contributed by atoms with Crippen LogP contribution in [0, 0.1) is 0 Å². The van der Waals surface area contributed by atoms with Crippen molar-refractivity contribution in [3.63, 3.8) is 0 Å². The summed E-state index contributed by atoms with van der Waals surface area (Å²) < 4.78 is 33.2. The number of sulfonamides is 1. The van der Waals surface area contributed by atoms with Crippen LogP contribution in [0.15, 0.2) is 53.4 Å². The standard InChI is InChI=1S/C23H30N2O4S/c1-29-22-10-6-5-7-19(22)17-24-23(26)16-13-18-11-14-21(15-12-18)30(27,28)25-20-8-3-2-4-9-20/h5-7,10-12,14-15,20,25H,2-4,8-9,13,16-17H2,1H3,(H,24,26). The molecule has 1 aliphatic rings. The van der Waals surface area contributed by atoms with Crippen LogP contribution in [0.4, 0.5) is 0 Å². The van der Waals surface area contributed by atoms with Gasteiger partial charge in [0.05, 0.1) is 12.0 Å². The summed E-state index contributed by atoms with van der Waals surface area (Å²) in [5.41, 5.74) is 1.85. The largest absolute Gasteiger partial charge is 0.496 e. The molecule has 0 saturated heterocycles. The number of amides is 1. The van der Waals surface area contributed by atoms with Crippen molar-refractivity contribution in [1.82, 2.24) is 10.0 Å². The molecule has 6 nitrogen and oxygen atoms in total. The second-order valence-corrected chi connectivity index (χ2v) is 9.40. The number of nitrogens with one attached hydrogen (secondary N) is 2. The van der Waals surface area contributed by atoms with E-state index < -0.39 is 10.0 Å². The first-order chi connectivity index (χ1) is 14.5. The first-order valence-electron chi connectivity index (χ1n) is 10.5. The zero-order valence-corrected chi connectivity index (χ0v) is 18.2. The van der Waals surface area contributed by atoms with Gasteiger partial charge in [0.1, 0.15) is 5.75 Å². The van der Waals surface area contributed by atoms with Gasteiger partial charge in [0.25, 0.3) is 0 Å². The van der Waals surface area contributed by atoms with E-state index >= 15 is 0 Å². The summed E-state index contributed by atoms with van der Waals surface area (Å²) in [6.45, 7) is 0.410. The Morgan fingerprint density at radius 2 is 1.73 bits per heavy atom. The zero-order chi connectivity index (χ0) is 21.4. The summed E-state index contributed by atoms with van der Waals surface area (Å²) in [5.74, 6) is 0.688. The summed E-state index contributed by atoms with van der Waals surface area (Å²) in [5, 5.41) is 2.90. The van der Waals surface area contributed by atoms with Crippen molar-refractivity contribution in [2.75, 3.05) is 7.11 Å². The van der Waals surface area contributed by atoms with Gasteiger partial charge in [-0.05, 0) is 43.0 Å². The number of carbonyl (C=O) groups excluding carboxylic acids is 1. The molecule has 3 rings (SSSR count). The summed E-state index contributed by atoms with van der Waals surface area (Å²) in [7, 11) is -1.89. The van der Waals surface area contributed by atoms with Gasteiger partial charge in [0, 0.05) is 24.6 Å². The number of ether oxygens (including phenoxy) is 1. The van der Waals surface area contributed by atoms with Crippen LogP contribution in [0.25, 0.3) is 0 Å². The lowest BCUT2D eigenvalue weighted by Gasteiger charge is -2.22. The van der Waals surface area contributed by atoms with Crippen molar-refractivity contribution in [3.05, 3.63) is 59.7 Å². The molecule has 1 aliphatic carbocycles. The highest BCUT2D eigenvalue weighted by Gasteiger charge is 2.21. The van der Waals surface area contributed by atoms with E-state index in [4.69, 9.17) is 4.74 Å².